The molecule has 1 saturated carbocycles. The molecule has 0 spiro atoms. The standard InChI is InChI=1S/C16H17Cl2NO/c17-13-8-7-10(9-14(13)18)19-16(20)15-11-5-3-1-2-4-6-12(11)15/h1-2,7-9,11-12,15H,3-6H2,(H,19,20)/t11-,12+,15?. The molecule has 0 heterocycles. The topological polar surface area (TPSA) is 29.1 Å². The van der Waals surface area contributed by atoms with E-state index in [1.165, 1.54) is 0 Å². The van der Waals surface area contributed by atoms with E-state index in [4.69, 9.17) is 23.2 Å². The highest BCUT2D eigenvalue weighted by Crippen LogP contribution is 2.53. The van der Waals surface area contributed by atoms with Crippen LogP contribution in [0, 0.1) is 17.8 Å². The Balaban J connectivity index is 1.64. The number of carbonyl (C=O) groups is 1. The lowest BCUT2D eigenvalue weighted by atomic mass is 10.1. The lowest BCUT2D eigenvalue weighted by molar-refractivity contribution is -0.117. The second-order valence-corrected chi connectivity index (χ2v) is 6.41. The molecule has 1 unspecified atom stereocenters. The van der Waals surface area contributed by atoms with Crippen molar-refractivity contribution < 1.29 is 4.79 Å². The van der Waals surface area contributed by atoms with E-state index < -0.39 is 0 Å². The van der Waals surface area contributed by atoms with Crippen molar-refractivity contribution in [2.45, 2.75) is 25.7 Å². The van der Waals surface area contributed by atoms with Crippen LogP contribution in [0.4, 0.5) is 5.69 Å². The maximum atomic E-state index is 12.4. The molecule has 106 valence electrons. The lowest BCUT2D eigenvalue weighted by Crippen LogP contribution is -2.15. The zero-order valence-corrected chi connectivity index (χ0v) is 12.6. The molecular formula is C16H17Cl2NO. The number of hydrogen-bond acceptors (Lipinski definition) is 1. The summed E-state index contributed by atoms with van der Waals surface area (Å²) in [5.41, 5.74) is 0.724. The number of amides is 1. The zero-order chi connectivity index (χ0) is 14.1. The Morgan fingerprint density at radius 1 is 1.05 bits per heavy atom. The van der Waals surface area contributed by atoms with Crippen LogP contribution in [-0.4, -0.2) is 5.91 Å². The van der Waals surface area contributed by atoms with Crippen LogP contribution in [-0.2, 0) is 4.79 Å². The van der Waals surface area contributed by atoms with Gasteiger partial charge in [-0.2, -0.15) is 0 Å². The molecule has 2 nitrogen and oxygen atoms in total. The van der Waals surface area contributed by atoms with E-state index in [0.717, 1.165) is 31.4 Å². The number of allylic oxidation sites excluding steroid dienone is 2. The van der Waals surface area contributed by atoms with Crippen molar-refractivity contribution >= 4 is 34.8 Å². The smallest absolute Gasteiger partial charge is 0.228 e. The highest BCUT2D eigenvalue weighted by Gasteiger charge is 2.53. The Morgan fingerprint density at radius 2 is 1.70 bits per heavy atom. The summed E-state index contributed by atoms with van der Waals surface area (Å²) >= 11 is 11.8. The van der Waals surface area contributed by atoms with Gasteiger partial charge in [-0.15, -0.1) is 0 Å². The number of carbonyl (C=O) groups excluding carboxylic acids is 1. The lowest BCUT2D eigenvalue weighted by Gasteiger charge is -2.06. The molecule has 3 atom stereocenters. The maximum Gasteiger partial charge on any atom is 0.228 e. The van der Waals surface area contributed by atoms with Crippen LogP contribution in [0.5, 0.6) is 0 Å². The fraction of sp³-hybridized carbons (Fsp3) is 0.438. The molecule has 0 aliphatic heterocycles. The molecule has 0 aromatic heterocycles. The second-order valence-electron chi connectivity index (χ2n) is 5.60. The molecule has 1 fully saturated rings. The Morgan fingerprint density at radius 3 is 2.30 bits per heavy atom. The quantitative estimate of drug-likeness (QED) is 0.771. The van der Waals surface area contributed by atoms with Gasteiger partial charge in [-0.3, -0.25) is 4.79 Å². The first-order chi connectivity index (χ1) is 9.66. The number of hydrogen-bond donors (Lipinski definition) is 1. The van der Waals surface area contributed by atoms with Gasteiger partial charge in [0, 0.05) is 11.6 Å². The van der Waals surface area contributed by atoms with Crippen LogP contribution < -0.4 is 5.32 Å². The highest BCUT2D eigenvalue weighted by atomic mass is 35.5. The van der Waals surface area contributed by atoms with E-state index in [1.807, 2.05) is 0 Å². The summed E-state index contributed by atoms with van der Waals surface area (Å²) in [5.74, 6) is 1.41. The van der Waals surface area contributed by atoms with Gasteiger partial charge in [-0.05, 0) is 55.7 Å². The second kappa shape index (κ2) is 5.79. The molecule has 1 aromatic carbocycles. The summed E-state index contributed by atoms with van der Waals surface area (Å²) in [6.45, 7) is 0. The van der Waals surface area contributed by atoms with Crippen molar-refractivity contribution in [1.82, 2.24) is 0 Å². The summed E-state index contributed by atoms with van der Waals surface area (Å²) in [7, 11) is 0. The first-order valence-corrected chi connectivity index (χ1v) is 7.83. The van der Waals surface area contributed by atoms with E-state index in [-0.39, 0.29) is 11.8 Å². The monoisotopic (exact) mass is 309 g/mol. The third kappa shape index (κ3) is 2.87. The van der Waals surface area contributed by atoms with Gasteiger partial charge in [0.1, 0.15) is 0 Å². The summed E-state index contributed by atoms with van der Waals surface area (Å²) in [4.78, 5) is 12.4. The number of anilines is 1. The van der Waals surface area contributed by atoms with Crippen LogP contribution >= 0.6 is 23.2 Å². The van der Waals surface area contributed by atoms with Gasteiger partial charge in [0.25, 0.3) is 0 Å². The average molecular weight is 310 g/mol. The maximum absolute atomic E-state index is 12.4. The third-order valence-electron chi connectivity index (χ3n) is 4.32. The molecule has 1 N–H and O–H groups in total. The number of rotatable bonds is 2. The number of benzene rings is 1. The predicted molar refractivity (Wildman–Crippen MR) is 83.2 cm³/mol. The van der Waals surface area contributed by atoms with Gasteiger partial charge in [0.05, 0.1) is 10.0 Å². The Labute approximate surface area is 129 Å². The molecule has 3 rings (SSSR count). The van der Waals surface area contributed by atoms with Crippen molar-refractivity contribution in [2.75, 3.05) is 5.32 Å². The first kappa shape index (κ1) is 14.0. The fourth-order valence-electron chi connectivity index (χ4n) is 3.23. The SMILES string of the molecule is O=C(Nc1ccc(Cl)c(Cl)c1)C1[C@H]2CCC=CCC[C@@H]12. The highest BCUT2D eigenvalue weighted by molar-refractivity contribution is 6.42. The molecule has 0 bridgehead atoms. The first-order valence-electron chi connectivity index (χ1n) is 7.08. The van der Waals surface area contributed by atoms with Crippen LogP contribution in [0.15, 0.2) is 30.4 Å². The largest absolute Gasteiger partial charge is 0.326 e. The molecule has 0 saturated heterocycles. The molecular weight excluding hydrogens is 293 g/mol. The van der Waals surface area contributed by atoms with Gasteiger partial charge in [0.2, 0.25) is 5.91 Å². The fourth-order valence-corrected chi connectivity index (χ4v) is 3.53. The minimum Gasteiger partial charge on any atom is -0.326 e. The molecule has 1 aromatic rings. The molecule has 2 aliphatic rings. The van der Waals surface area contributed by atoms with Gasteiger partial charge in [0.15, 0.2) is 0 Å². The van der Waals surface area contributed by atoms with Gasteiger partial charge < -0.3 is 5.32 Å². The van der Waals surface area contributed by atoms with Gasteiger partial charge >= 0.3 is 0 Å². The van der Waals surface area contributed by atoms with E-state index in [1.54, 1.807) is 18.2 Å². The van der Waals surface area contributed by atoms with Crippen LogP contribution in [0.2, 0.25) is 10.0 Å². The van der Waals surface area contributed by atoms with Gasteiger partial charge in [-0.1, -0.05) is 35.4 Å². The zero-order valence-electron chi connectivity index (χ0n) is 11.1. The molecule has 1 amide bonds. The van der Waals surface area contributed by atoms with Crippen LogP contribution in [0.1, 0.15) is 25.7 Å². The number of halogens is 2. The van der Waals surface area contributed by atoms with Crippen molar-refractivity contribution in [3.8, 4) is 0 Å². The molecule has 20 heavy (non-hydrogen) atoms. The Bertz CT molecular complexity index is 539. The minimum absolute atomic E-state index is 0.125. The Kier molecular flexibility index (Phi) is 4.04. The normalized spacial score (nSPS) is 28.2. The van der Waals surface area contributed by atoms with Crippen LogP contribution in [0.25, 0.3) is 0 Å². The van der Waals surface area contributed by atoms with E-state index in [0.29, 0.717) is 21.9 Å². The third-order valence-corrected chi connectivity index (χ3v) is 5.06. The van der Waals surface area contributed by atoms with E-state index in [9.17, 15) is 4.79 Å². The summed E-state index contributed by atoms with van der Waals surface area (Å²) in [6, 6.07) is 5.20. The molecule has 0 radical (unpaired) electrons. The van der Waals surface area contributed by atoms with E-state index >= 15 is 0 Å². The van der Waals surface area contributed by atoms with Crippen molar-refractivity contribution in [3.63, 3.8) is 0 Å². The van der Waals surface area contributed by atoms with Crippen LogP contribution in [0.3, 0.4) is 0 Å². The predicted octanol–water partition coefficient (Wildman–Crippen LogP) is 4.92. The minimum atomic E-state index is 0.125. The Hall–Kier alpha value is -0.990. The number of fused-ring (bicyclic) bond motifs is 1. The van der Waals surface area contributed by atoms with Crippen molar-refractivity contribution in [1.29, 1.82) is 0 Å². The average Bonchev–Trinajstić information content (AvgIpc) is 3.05. The molecule has 2 aliphatic carbocycles. The number of nitrogens with one attached hydrogen (secondary N) is 1. The van der Waals surface area contributed by atoms with Gasteiger partial charge in [-0.25, -0.2) is 0 Å². The summed E-state index contributed by atoms with van der Waals surface area (Å²) < 4.78 is 0. The van der Waals surface area contributed by atoms with Crippen molar-refractivity contribution in [3.05, 3.63) is 40.4 Å². The summed E-state index contributed by atoms with van der Waals surface area (Å²) in [6.07, 6.45) is 8.92. The van der Waals surface area contributed by atoms with Crippen molar-refractivity contribution in [2.24, 2.45) is 17.8 Å². The molecule has 4 heteroatoms. The van der Waals surface area contributed by atoms with E-state index in [2.05, 4.69) is 17.5 Å². The summed E-state index contributed by atoms with van der Waals surface area (Å²) in [5, 5.41) is 3.94.